The van der Waals surface area contributed by atoms with Crippen molar-refractivity contribution in [2.45, 2.75) is 52.1 Å². The second kappa shape index (κ2) is 5.68. The van der Waals surface area contributed by atoms with Crippen LogP contribution in [0.25, 0.3) is 0 Å². The lowest BCUT2D eigenvalue weighted by molar-refractivity contribution is 0.133. The molecule has 0 aromatic carbocycles. The molecular weight excluding hydrogens is 178 g/mol. The fourth-order valence-electron chi connectivity index (χ4n) is 1.64. The minimum Gasteiger partial charge on any atom is -0.489 e. The molecule has 0 spiro atoms. The molecule has 1 aliphatic carbocycles. The maximum atomic E-state index is 8.77. The lowest BCUT2D eigenvalue weighted by Gasteiger charge is -2.19. The van der Waals surface area contributed by atoms with Crippen LogP contribution in [0.5, 0.6) is 0 Å². The highest BCUT2D eigenvalue weighted by Crippen LogP contribution is 2.19. The van der Waals surface area contributed by atoms with Crippen molar-refractivity contribution >= 4 is 5.71 Å². The van der Waals surface area contributed by atoms with E-state index in [-0.39, 0.29) is 6.10 Å². The van der Waals surface area contributed by atoms with Gasteiger partial charge in [0.2, 0.25) is 0 Å². The molecule has 1 rings (SSSR count). The second-order valence-corrected chi connectivity index (χ2v) is 3.72. The maximum absolute atomic E-state index is 8.77. The van der Waals surface area contributed by atoms with E-state index in [9.17, 15) is 0 Å². The summed E-state index contributed by atoms with van der Waals surface area (Å²) >= 11 is 0. The molecule has 1 N–H and O–H groups in total. The van der Waals surface area contributed by atoms with E-state index in [1.54, 1.807) is 0 Å². The lowest BCUT2D eigenvalue weighted by atomic mass is 10.0. The van der Waals surface area contributed by atoms with Gasteiger partial charge in [-0.1, -0.05) is 18.5 Å². The van der Waals surface area contributed by atoms with Crippen molar-refractivity contribution in [1.82, 2.24) is 0 Å². The average Bonchev–Trinajstić information content (AvgIpc) is 2.19. The first-order valence-electron chi connectivity index (χ1n) is 5.36. The third-order valence-corrected chi connectivity index (χ3v) is 2.38. The van der Waals surface area contributed by atoms with Crippen LogP contribution < -0.4 is 0 Å². The topological polar surface area (TPSA) is 41.8 Å². The monoisotopic (exact) mass is 197 g/mol. The summed E-state index contributed by atoms with van der Waals surface area (Å²) in [6.45, 7) is 4.18. The van der Waals surface area contributed by atoms with Gasteiger partial charge in [0.1, 0.15) is 11.5 Å². The standard InChI is InChI=1S/C11H19NO2/c1-3-6-9(2)14-11-8-5-4-7-10(11)12-13/h8-9,13H,3-7H2,1-2H3. The highest BCUT2D eigenvalue weighted by Gasteiger charge is 2.15. The van der Waals surface area contributed by atoms with Crippen LogP contribution in [0.4, 0.5) is 0 Å². The summed E-state index contributed by atoms with van der Waals surface area (Å²) in [5.74, 6) is 0.778. The minimum absolute atomic E-state index is 0.209. The van der Waals surface area contributed by atoms with E-state index >= 15 is 0 Å². The van der Waals surface area contributed by atoms with Gasteiger partial charge in [0.15, 0.2) is 0 Å². The van der Waals surface area contributed by atoms with Crippen LogP contribution in [0.1, 0.15) is 46.0 Å². The van der Waals surface area contributed by atoms with Crippen molar-refractivity contribution in [3.05, 3.63) is 11.8 Å². The summed E-state index contributed by atoms with van der Waals surface area (Å²) in [4.78, 5) is 0. The Morgan fingerprint density at radius 1 is 1.64 bits per heavy atom. The van der Waals surface area contributed by atoms with Gasteiger partial charge in [0, 0.05) is 0 Å². The number of hydrogen-bond acceptors (Lipinski definition) is 3. The van der Waals surface area contributed by atoms with Crippen LogP contribution in [0.15, 0.2) is 17.0 Å². The highest BCUT2D eigenvalue weighted by molar-refractivity contribution is 5.98. The van der Waals surface area contributed by atoms with E-state index in [2.05, 4.69) is 12.1 Å². The predicted molar refractivity (Wildman–Crippen MR) is 56.6 cm³/mol. The van der Waals surface area contributed by atoms with Crippen molar-refractivity contribution in [3.63, 3.8) is 0 Å². The first-order valence-corrected chi connectivity index (χ1v) is 5.36. The Labute approximate surface area is 85.5 Å². The second-order valence-electron chi connectivity index (χ2n) is 3.72. The lowest BCUT2D eigenvalue weighted by Crippen LogP contribution is -2.16. The zero-order chi connectivity index (χ0) is 10.4. The largest absolute Gasteiger partial charge is 0.489 e. The first-order chi connectivity index (χ1) is 6.77. The Hall–Kier alpha value is -0.990. The predicted octanol–water partition coefficient (Wildman–Crippen LogP) is 3.09. The summed E-state index contributed by atoms with van der Waals surface area (Å²) in [5.41, 5.74) is 0.694. The van der Waals surface area contributed by atoms with Gasteiger partial charge in [-0.2, -0.15) is 0 Å². The third-order valence-electron chi connectivity index (χ3n) is 2.38. The maximum Gasteiger partial charge on any atom is 0.140 e. The van der Waals surface area contributed by atoms with Gasteiger partial charge >= 0.3 is 0 Å². The van der Waals surface area contributed by atoms with Gasteiger partial charge in [-0.3, -0.25) is 0 Å². The fraction of sp³-hybridized carbons (Fsp3) is 0.727. The summed E-state index contributed by atoms with van der Waals surface area (Å²) in [6.07, 6.45) is 7.27. The van der Waals surface area contributed by atoms with Crippen LogP contribution in [0.2, 0.25) is 0 Å². The molecule has 3 nitrogen and oxygen atoms in total. The third kappa shape index (κ3) is 3.05. The number of ether oxygens (including phenoxy) is 1. The molecule has 0 aromatic rings. The molecule has 1 unspecified atom stereocenters. The molecule has 0 aliphatic heterocycles. The Morgan fingerprint density at radius 3 is 3.07 bits per heavy atom. The Balaban J connectivity index is 2.53. The average molecular weight is 197 g/mol. The molecule has 0 radical (unpaired) electrons. The Morgan fingerprint density at radius 2 is 2.43 bits per heavy atom. The van der Waals surface area contributed by atoms with Crippen molar-refractivity contribution in [2.24, 2.45) is 5.16 Å². The van der Waals surface area contributed by atoms with Crippen molar-refractivity contribution in [2.75, 3.05) is 0 Å². The van der Waals surface area contributed by atoms with Crippen molar-refractivity contribution < 1.29 is 9.94 Å². The number of rotatable bonds is 4. The summed E-state index contributed by atoms with van der Waals surface area (Å²) in [7, 11) is 0. The number of allylic oxidation sites excluding steroid dienone is 2. The van der Waals surface area contributed by atoms with Gasteiger partial charge in [-0.15, -0.1) is 0 Å². The minimum atomic E-state index is 0.209. The van der Waals surface area contributed by atoms with Crippen LogP contribution in [-0.2, 0) is 4.74 Å². The molecule has 1 atom stereocenters. The highest BCUT2D eigenvalue weighted by atomic mass is 16.5. The SMILES string of the molecule is CCCC(C)OC1=CCCCC1=NO. The molecule has 3 heteroatoms. The van der Waals surface area contributed by atoms with Gasteiger partial charge in [0.05, 0.1) is 6.10 Å². The van der Waals surface area contributed by atoms with E-state index in [0.717, 1.165) is 37.9 Å². The van der Waals surface area contributed by atoms with Crippen LogP contribution in [0.3, 0.4) is 0 Å². The zero-order valence-electron chi connectivity index (χ0n) is 8.99. The molecule has 1 aliphatic rings. The Bertz CT molecular complexity index is 233. The van der Waals surface area contributed by atoms with Crippen molar-refractivity contribution in [1.29, 1.82) is 0 Å². The number of hydrogen-bond donors (Lipinski definition) is 1. The normalized spacial score (nSPS) is 21.9. The summed E-state index contributed by atoms with van der Waals surface area (Å²) < 4.78 is 5.71. The molecule has 14 heavy (non-hydrogen) atoms. The zero-order valence-corrected chi connectivity index (χ0v) is 8.99. The van der Waals surface area contributed by atoms with Gasteiger partial charge in [-0.25, -0.2) is 0 Å². The van der Waals surface area contributed by atoms with E-state index in [1.807, 2.05) is 13.0 Å². The van der Waals surface area contributed by atoms with E-state index in [0.29, 0.717) is 5.71 Å². The van der Waals surface area contributed by atoms with Crippen LogP contribution in [0, 0.1) is 0 Å². The van der Waals surface area contributed by atoms with E-state index in [1.165, 1.54) is 0 Å². The van der Waals surface area contributed by atoms with Crippen LogP contribution >= 0.6 is 0 Å². The Kier molecular flexibility index (Phi) is 4.50. The molecule has 0 amide bonds. The molecule has 80 valence electrons. The van der Waals surface area contributed by atoms with E-state index in [4.69, 9.17) is 9.94 Å². The fourth-order valence-corrected chi connectivity index (χ4v) is 1.64. The van der Waals surface area contributed by atoms with Crippen LogP contribution in [-0.4, -0.2) is 17.0 Å². The molecule has 0 aromatic heterocycles. The first kappa shape index (κ1) is 11.1. The molecule has 0 heterocycles. The molecule has 0 bridgehead atoms. The van der Waals surface area contributed by atoms with E-state index < -0.39 is 0 Å². The number of oxime groups is 1. The quantitative estimate of drug-likeness (QED) is 0.556. The number of nitrogens with zero attached hydrogens (tertiary/aromatic N) is 1. The smallest absolute Gasteiger partial charge is 0.140 e. The molecule has 0 saturated heterocycles. The van der Waals surface area contributed by atoms with Crippen molar-refractivity contribution in [3.8, 4) is 0 Å². The molecular formula is C11H19NO2. The van der Waals surface area contributed by atoms with Gasteiger partial charge in [0.25, 0.3) is 0 Å². The molecule has 0 saturated carbocycles. The van der Waals surface area contributed by atoms with Gasteiger partial charge < -0.3 is 9.94 Å². The van der Waals surface area contributed by atoms with Gasteiger partial charge in [-0.05, 0) is 38.7 Å². The molecule has 0 fully saturated rings. The summed E-state index contributed by atoms with van der Waals surface area (Å²) in [5, 5.41) is 12.0. The summed E-state index contributed by atoms with van der Waals surface area (Å²) in [6, 6.07) is 0.